The minimum atomic E-state index is 0.214. The molecule has 0 unspecified atom stereocenters. The minimum Gasteiger partial charge on any atom is -0.506 e. The second kappa shape index (κ2) is 7.06. The number of hydrogen-bond donors (Lipinski definition) is 3. The van der Waals surface area contributed by atoms with Crippen molar-refractivity contribution >= 4 is 11.8 Å². The van der Waals surface area contributed by atoms with E-state index in [0.29, 0.717) is 23.9 Å². The van der Waals surface area contributed by atoms with Crippen molar-refractivity contribution in [2.45, 2.75) is 27.2 Å². The average Bonchev–Trinajstić information content (AvgIpc) is 3.37. The molecular formula is C18H19N9O. The summed E-state index contributed by atoms with van der Waals surface area (Å²) >= 11 is 0. The third kappa shape index (κ3) is 3.39. The third-order valence-electron chi connectivity index (χ3n) is 4.59. The summed E-state index contributed by atoms with van der Waals surface area (Å²) in [5.41, 5.74) is 4.17. The lowest BCUT2D eigenvalue weighted by Crippen LogP contribution is -2.02. The molecule has 0 aliphatic heterocycles. The molecule has 1 aromatic carbocycles. The Morgan fingerprint density at radius 2 is 1.86 bits per heavy atom. The lowest BCUT2D eigenvalue weighted by Gasteiger charge is -2.11. The Balaban J connectivity index is 1.48. The van der Waals surface area contributed by atoms with Gasteiger partial charge in [0.15, 0.2) is 0 Å². The predicted molar refractivity (Wildman–Crippen MR) is 102 cm³/mol. The van der Waals surface area contributed by atoms with Crippen LogP contribution in [0.4, 0.5) is 11.8 Å². The number of aromatic nitrogens is 8. The molecule has 4 rings (SSSR count). The number of pyridine rings is 1. The number of rotatable bonds is 5. The molecule has 0 radical (unpaired) electrons. The maximum atomic E-state index is 9.99. The van der Waals surface area contributed by atoms with Gasteiger partial charge in [0.05, 0.1) is 11.4 Å². The van der Waals surface area contributed by atoms with Crippen molar-refractivity contribution in [3.05, 3.63) is 58.8 Å². The van der Waals surface area contributed by atoms with Crippen LogP contribution in [0.25, 0.3) is 5.69 Å². The highest BCUT2D eigenvalue weighted by atomic mass is 16.3. The molecule has 3 heterocycles. The fourth-order valence-corrected chi connectivity index (χ4v) is 2.84. The highest BCUT2D eigenvalue weighted by Gasteiger charge is 2.13. The van der Waals surface area contributed by atoms with E-state index in [0.717, 1.165) is 28.2 Å². The molecule has 0 bridgehead atoms. The van der Waals surface area contributed by atoms with Crippen LogP contribution in [0.1, 0.15) is 28.2 Å². The smallest absolute Gasteiger partial charge is 0.227 e. The average molecular weight is 377 g/mol. The van der Waals surface area contributed by atoms with Crippen molar-refractivity contribution in [2.24, 2.45) is 0 Å². The van der Waals surface area contributed by atoms with E-state index >= 15 is 0 Å². The zero-order chi connectivity index (χ0) is 19.7. The van der Waals surface area contributed by atoms with E-state index in [1.165, 1.54) is 0 Å². The Morgan fingerprint density at radius 3 is 2.57 bits per heavy atom. The van der Waals surface area contributed by atoms with Crippen molar-refractivity contribution in [2.75, 3.05) is 5.32 Å². The highest BCUT2D eigenvalue weighted by molar-refractivity contribution is 5.59. The van der Waals surface area contributed by atoms with Crippen LogP contribution in [0.15, 0.2) is 30.6 Å². The molecule has 10 heteroatoms. The van der Waals surface area contributed by atoms with Gasteiger partial charge in [-0.3, -0.25) is 0 Å². The maximum Gasteiger partial charge on any atom is 0.227 e. The van der Waals surface area contributed by atoms with Crippen molar-refractivity contribution in [1.29, 1.82) is 0 Å². The summed E-state index contributed by atoms with van der Waals surface area (Å²) in [4.78, 5) is 7.55. The van der Waals surface area contributed by atoms with Crippen molar-refractivity contribution in [1.82, 2.24) is 40.4 Å². The monoisotopic (exact) mass is 377 g/mol. The summed E-state index contributed by atoms with van der Waals surface area (Å²) in [6.45, 7) is 5.51. The number of aromatic amines is 1. The van der Waals surface area contributed by atoms with Crippen LogP contribution >= 0.6 is 0 Å². The van der Waals surface area contributed by atoms with E-state index in [1.807, 2.05) is 38.1 Å². The molecule has 0 fully saturated rings. The Hall–Kier alpha value is -3.82. The maximum absolute atomic E-state index is 9.99. The van der Waals surface area contributed by atoms with E-state index in [-0.39, 0.29) is 5.75 Å². The number of hydrogen-bond acceptors (Lipinski definition) is 8. The fraction of sp³-hybridized carbons (Fsp3) is 0.222. The number of aromatic hydroxyl groups is 1. The number of nitrogens with one attached hydrogen (secondary N) is 2. The molecule has 0 saturated carbocycles. The van der Waals surface area contributed by atoms with E-state index in [9.17, 15) is 5.11 Å². The first-order valence-corrected chi connectivity index (χ1v) is 8.69. The summed E-state index contributed by atoms with van der Waals surface area (Å²) in [7, 11) is 0. The number of H-pyrrole nitrogens is 1. The molecule has 28 heavy (non-hydrogen) atoms. The molecule has 0 aliphatic rings. The molecule has 3 N–H and O–H groups in total. The number of aryl methyl sites for hydroxylation is 1. The predicted octanol–water partition coefficient (Wildman–Crippen LogP) is 2.14. The van der Waals surface area contributed by atoms with Crippen LogP contribution in [0.3, 0.4) is 0 Å². The quantitative estimate of drug-likeness (QED) is 0.482. The first-order chi connectivity index (χ1) is 13.5. The Morgan fingerprint density at radius 1 is 1.07 bits per heavy atom. The topological polar surface area (TPSA) is 130 Å². The third-order valence-corrected chi connectivity index (χ3v) is 4.59. The first-order valence-electron chi connectivity index (χ1n) is 8.69. The van der Waals surface area contributed by atoms with Gasteiger partial charge in [-0.1, -0.05) is 12.1 Å². The normalized spacial score (nSPS) is 11.0. The highest BCUT2D eigenvalue weighted by Crippen LogP contribution is 2.28. The first kappa shape index (κ1) is 17.6. The van der Waals surface area contributed by atoms with Gasteiger partial charge in [-0.25, -0.2) is 9.67 Å². The zero-order valence-electron chi connectivity index (χ0n) is 15.7. The fourth-order valence-electron chi connectivity index (χ4n) is 2.84. The molecule has 142 valence electrons. The molecule has 0 saturated heterocycles. The SMILES string of the molecule is Cc1nc(Nc2nnc(Cc3ccc(-n4cnnn4)cc3)[nH]2)c(C)c(C)c1O. The van der Waals surface area contributed by atoms with E-state index < -0.39 is 0 Å². The standard InChI is InChI=1S/C18H19N9O/c1-10-11(2)17(20-12(3)16(10)28)22-18-21-15(23-24-18)8-13-4-6-14(7-5-13)27-9-19-25-26-27/h4-7,9,28H,8H2,1-3H3,(H2,20,21,22,23,24). The van der Waals surface area contributed by atoms with Gasteiger partial charge in [-0.15, -0.1) is 15.3 Å². The molecule has 3 aromatic heterocycles. The number of tetrazole rings is 1. The molecule has 0 spiro atoms. The zero-order valence-corrected chi connectivity index (χ0v) is 15.7. The van der Waals surface area contributed by atoms with Crippen molar-refractivity contribution in [3.8, 4) is 11.4 Å². The molecule has 0 amide bonds. The van der Waals surface area contributed by atoms with Gasteiger partial charge in [0.1, 0.15) is 23.7 Å². The van der Waals surface area contributed by atoms with Crippen LogP contribution in [-0.4, -0.2) is 45.5 Å². The van der Waals surface area contributed by atoms with Gasteiger partial charge in [0.2, 0.25) is 5.95 Å². The lowest BCUT2D eigenvalue weighted by atomic mass is 10.1. The minimum absolute atomic E-state index is 0.214. The van der Waals surface area contributed by atoms with Crippen LogP contribution in [0, 0.1) is 20.8 Å². The summed E-state index contributed by atoms with van der Waals surface area (Å²) < 4.78 is 1.59. The summed E-state index contributed by atoms with van der Waals surface area (Å²) in [5, 5.41) is 32.6. The molecule has 10 nitrogen and oxygen atoms in total. The van der Waals surface area contributed by atoms with E-state index in [2.05, 4.69) is 41.0 Å². The van der Waals surface area contributed by atoms with Crippen LogP contribution < -0.4 is 5.32 Å². The van der Waals surface area contributed by atoms with Gasteiger partial charge in [-0.05, 0) is 60.0 Å². The Labute approximate surface area is 160 Å². The Kier molecular flexibility index (Phi) is 4.44. The van der Waals surface area contributed by atoms with Gasteiger partial charge in [0, 0.05) is 6.42 Å². The second-order valence-corrected chi connectivity index (χ2v) is 6.49. The lowest BCUT2D eigenvalue weighted by molar-refractivity contribution is 0.463. The number of nitrogens with zero attached hydrogens (tertiary/aromatic N) is 7. The summed E-state index contributed by atoms with van der Waals surface area (Å²) in [6, 6.07) is 7.86. The van der Waals surface area contributed by atoms with Gasteiger partial charge >= 0.3 is 0 Å². The number of anilines is 2. The summed E-state index contributed by atoms with van der Waals surface area (Å²) in [5.74, 6) is 2.08. The molecular weight excluding hydrogens is 358 g/mol. The van der Waals surface area contributed by atoms with Crippen LogP contribution in [0.2, 0.25) is 0 Å². The van der Waals surface area contributed by atoms with Gasteiger partial charge in [0.25, 0.3) is 0 Å². The second-order valence-electron chi connectivity index (χ2n) is 6.49. The Bertz CT molecular complexity index is 1100. The van der Waals surface area contributed by atoms with Crippen LogP contribution in [0.5, 0.6) is 5.75 Å². The number of benzene rings is 1. The molecule has 0 atom stereocenters. The largest absolute Gasteiger partial charge is 0.506 e. The summed E-state index contributed by atoms with van der Waals surface area (Å²) in [6.07, 6.45) is 2.15. The molecule has 0 aliphatic carbocycles. The van der Waals surface area contributed by atoms with Gasteiger partial charge in [-0.2, -0.15) is 0 Å². The van der Waals surface area contributed by atoms with E-state index in [1.54, 1.807) is 17.9 Å². The van der Waals surface area contributed by atoms with Crippen molar-refractivity contribution < 1.29 is 5.11 Å². The van der Waals surface area contributed by atoms with E-state index in [4.69, 9.17) is 0 Å². The van der Waals surface area contributed by atoms with Crippen LogP contribution in [-0.2, 0) is 6.42 Å². The van der Waals surface area contributed by atoms with Crippen molar-refractivity contribution in [3.63, 3.8) is 0 Å². The molecule has 4 aromatic rings. The van der Waals surface area contributed by atoms with Gasteiger partial charge < -0.3 is 15.4 Å².